The lowest BCUT2D eigenvalue weighted by atomic mass is 10.1. The minimum absolute atomic E-state index is 0.130. The SMILES string of the molecule is CCOC(=O)/C(NN)=C(/N)Oc1cccc(OCC2CCCC2)c1. The second kappa shape index (κ2) is 9.02. The molecule has 0 unspecified atom stereocenters. The Morgan fingerprint density at radius 3 is 2.67 bits per heavy atom. The summed E-state index contributed by atoms with van der Waals surface area (Å²) in [5.74, 6) is 6.25. The van der Waals surface area contributed by atoms with Crippen LogP contribution in [-0.4, -0.2) is 19.2 Å². The van der Waals surface area contributed by atoms with Gasteiger partial charge in [0.15, 0.2) is 5.70 Å². The highest BCUT2D eigenvalue weighted by Gasteiger charge is 2.17. The van der Waals surface area contributed by atoms with Crippen molar-refractivity contribution in [1.29, 1.82) is 0 Å². The Morgan fingerprint density at radius 2 is 2.00 bits per heavy atom. The Hall–Kier alpha value is -2.41. The zero-order valence-electron chi connectivity index (χ0n) is 13.9. The van der Waals surface area contributed by atoms with Crippen molar-refractivity contribution < 1.29 is 19.0 Å². The molecule has 0 spiro atoms. The summed E-state index contributed by atoms with van der Waals surface area (Å²) in [5.41, 5.74) is 7.87. The van der Waals surface area contributed by atoms with Crippen LogP contribution in [-0.2, 0) is 9.53 Å². The quantitative estimate of drug-likeness (QED) is 0.218. The first-order valence-corrected chi connectivity index (χ1v) is 8.18. The van der Waals surface area contributed by atoms with E-state index in [2.05, 4.69) is 5.43 Å². The Morgan fingerprint density at radius 1 is 1.29 bits per heavy atom. The molecule has 0 aliphatic heterocycles. The molecule has 0 amide bonds. The minimum Gasteiger partial charge on any atom is -0.493 e. The van der Waals surface area contributed by atoms with Gasteiger partial charge in [-0.2, -0.15) is 0 Å². The van der Waals surface area contributed by atoms with Gasteiger partial charge in [-0.15, -0.1) is 0 Å². The van der Waals surface area contributed by atoms with Crippen LogP contribution in [0.2, 0.25) is 0 Å². The Kier molecular flexibility index (Phi) is 6.74. The fourth-order valence-electron chi connectivity index (χ4n) is 2.63. The molecule has 1 aliphatic rings. The number of hydrogen-bond donors (Lipinski definition) is 3. The van der Waals surface area contributed by atoms with Crippen molar-refractivity contribution in [3.8, 4) is 11.5 Å². The molecule has 7 heteroatoms. The summed E-state index contributed by atoms with van der Waals surface area (Å²) in [4.78, 5) is 11.7. The number of benzene rings is 1. The maximum atomic E-state index is 11.7. The number of carbonyl (C=O) groups is 1. The average molecular weight is 335 g/mol. The zero-order valence-corrected chi connectivity index (χ0v) is 13.9. The van der Waals surface area contributed by atoms with Gasteiger partial charge < -0.3 is 25.4 Å². The maximum Gasteiger partial charge on any atom is 0.361 e. The van der Waals surface area contributed by atoms with E-state index >= 15 is 0 Å². The minimum atomic E-state index is -0.675. The molecule has 2 rings (SSSR count). The molecule has 7 nitrogen and oxygen atoms in total. The van der Waals surface area contributed by atoms with Gasteiger partial charge in [0.25, 0.3) is 0 Å². The van der Waals surface area contributed by atoms with Crippen LogP contribution in [0.3, 0.4) is 0 Å². The largest absolute Gasteiger partial charge is 0.493 e. The topological polar surface area (TPSA) is 109 Å². The van der Waals surface area contributed by atoms with E-state index < -0.39 is 5.97 Å². The molecule has 0 aromatic heterocycles. The van der Waals surface area contributed by atoms with Crippen LogP contribution >= 0.6 is 0 Å². The molecule has 0 heterocycles. The monoisotopic (exact) mass is 335 g/mol. The molecular weight excluding hydrogens is 310 g/mol. The van der Waals surface area contributed by atoms with Gasteiger partial charge in [-0.1, -0.05) is 18.9 Å². The van der Waals surface area contributed by atoms with Gasteiger partial charge in [0.2, 0.25) is 5.88 Å². The molecule has 1 saturated carbocycles. The predicted octanol–water partition coefficient (Wildman–Crippen LogP) is 1.79. The fourth-order valence-corrected chi connectivity index (χ4v) is 2.63. The lowest BCUT2D eigenvalue weighted by Gasteiger charge is -2.14. The van der Waals surface area contributed by atoms with E-state index in [-0.39, 0.29) is 18.2 Å². The van der Waals surface area contributed by atoms with Gasteiger partial charge in [-0.3, -0.25) is 5.84 Å². The van der Waals surface area contributed by atoms with Crippen LogP contribution < -0.4 is 26.5 Å². The standard InChI is InChI=1S/C17H25N3O4/c1-2-22-17(21)15(20-19)16(18)24-14-9-5-8-13(10-14)23-11-12-6-3-4-7-12/h5,8-10,12,20H,2-4,6-7,11,18-19H2,1H3/b16-15+. The van der Waals surface area contributed by atoms with Gasteiger partial charge in [0.1, 0.15) is 11.5 Å². The molecule has 1 aromatic rings. The van der Waals surface area contributed by atoms with Gasteiger partial charge >= 0.3 is 5.97 Å². The molecule has 0 radical (unpaired) electrons. The first kappa shape index (κ1) is 17.9. The second-order valence-electron chi connectivity index (χ2n) is 5.64. The molecule has 132 valence electrons. The highest BCUT2D eigenvalue weighted by molar-refractivity contribution is 5.88. The third-order valence-corrected chi connectivity index (χ3v) is 3.86. The summed E-state index contributed by atoms with van der Waals surface area (Å²) in [5, 5.41) is 0. The Bertz CT molecular complexity index is 583. The molecular formula is C17H25N3O4. The van der Waals surface area contributed by atoms with E-state index in [9.17, 15) is 4.79 Å². The highest BCUT2D eigenvalue weighted by Crippen LogP contribution is 2.27. The number of nitrogens with two attached hydrogens (primary N) is 2. The molecule has 0 saturated heterocycles. The third-order valence-electron chi connectivity index (χ3n) is 3.86. The number of hydrogen-bond acceptors (Lipinski definition) is 7. The molecule has 1 aromatic carbocycles. The van der Waals surface area contributed by atoms with E-state index in [1.165, 1.54) is 25.7 Å². The maximum absolute atomic E-state index is 11.7. The second-order valence-corrected chi connectivity index (χ2v) is 5.64. The predicted molar refractivity (Wildman–Crippen MR) is 89.7 cm³/mol. The number of nitrogens with one attached hydrogen (secondary N) is 1. The normalized spacial score (nSPS) is 15.6. The van der Waals surface area contributed by atoms with E-state index in [1.54, 1.807) is 25.1 Å². The average Bonchev–Trinajstić information content (AvgIpc) is 3.07. The molecule has 0 bridgehead atoms. The fraction of sp³-hybridized carbons (Fsp3) is 0.471. The third kappa shape index (κ3) is 5.06. The number of carbonyl (C=O) groups excluding carboxylic acids is 1. The summed E-state index contributed by atoms with van der Waals surface area (Å²) in [6, 6.07) is 7.09. The first-order chi connectivity index (χ1) is 11.6. The molecule has 1 fully saturated rings. The molecule has 24 heavy (non-hydrogen) atoms. The van der Waals surface area contributed by atoms with E-state index in [0.29, 0.717) is 24.0 Å². The Labute approximate surface area is 141 Å². The van der Waals surface area contributed by atoms with Crippen molar-refractivity contribution in [2.45, 2.75) is 32.6 Å². The van der Waals surface area contributed by atoms with Crippen LogP contribution in [0.5, 0.6) is 11.5 Å². The van der Waals surface area contributed by atoms with Gasteiger partial charge in [-0.25, -0.2) is 4.79 Å². The van der Waals surface area contributed by atoms with Crippen LogP contribution in [0.15, 0.2) is 35.8 Å². The number of rotatable bonds is 8. The summed E-state index contributed by atoms with van der Waals surface area (Å²) in [7, 11) is 0. The summed E-state index contributed by atoms with van der Waals surface area (Å²) in [6.07, 6.45) is 5.00. The van der Waals surface area contributed by atoms with E-state index in [1.807, 2.05) is 6.07 Å². The first-order valence-electron chi connectivity index (χ1n) is 8.18. The van der Waals surface area contributed by atoms with Crippen molar-refractivity contribution in [2.24, 2.45) is 17.5 Å². The van der Waals surface area contributed by atoms with E-state index in [0.717, 1.165) is 0 Å². The van der Waals surface area contributed by atoms with Crippen molar-refractivity contribution in [2.75, 3.05) is 13.2 Å². The van der Waals surface area contributed by atoms with Gasteiger partial charge in [0.05, 0.1) is 13.2 Å². The van der Waals surface area contributed by atoms with Crippen molar-refractivity contribution in [3.63, 3.8) is 0 Å². The lowest BCUT2D eigenvalue weighted by Crippen LogP contribution is -2.32. The molecule has 1 aliphatic carbocycles. The molecule has 0 atom stereocenters. The van der Waals surface area contributed by atoms with Gasteiger partial charge in [0, 0.05) is 6.07 Å². The summed E-state index contributed by atoms with van der Waals surface area (Å²) >= 11 is 0. The number of hydrazine groups is 1. The number of esters is 1. The van der Waals surface area contributed by atoms with Crippen LogP contribution in [0, 0.1) is 5.92 Å². The van der Waals surface area contributed by atoms with Crippen molar-refractivity contribution in [1.82, 2.24) is 5.43 Å². The van der Waals surface area contributed by atoms with Crippen LogP contribution in [0.25, 0.3) is 0 Å². The lowest BCUT2D eigenvalue weighted by molar-refractivity contribution is -0.139. The highest BCUT2D eigenvalue weighted by atomic mass is 16.5. The number of ether oxygens (including phenoxy) is 3. The van der Waals surface area contributed by atoms with Crippen LogP contribution in [0.1, 0.15) is 32.6 Å². The smallest absolute Gasteiger partial charge is 0.361 e. The Balaban J connectivity index is 2.00. The summed E-state index contributed by atoms with van der Waals surface area (Å²) in [6.45, 7) is 2.60. The zero-order chi connectivity index (χ0) is 17.4. The van der Waals surface area contributed by atoms with Crippen molar-refractivity contribution in [3.05, 3.63) is 35.8 Å². The molecule has 5 N–H and O–H groups in total. The summed E-state index contributed by atoms with van der Waals surface area (Å²) < 4.78 is 16.1. The van der Waals surface area contributed by atoms with Gasteiger partial charge in [-0.05, 0) is 37.8 Å². The van der Waals surface area contributed by atoms with Crippen molar-refractivity contribution >= 4 is 5.97 Å². The van der Waals surface area contributed by atoms with Crippen LogP contribution in [0.4, 0.5) is 0 Å². The van der Waals surface area contributed by atoms with E-state index in [4.69, 9.17) is 25.8 Å².